The third-order valence-electron chi connectivity index (χ3n) is 1.56. The van der Waals surface area contributed by atoms with Crippen LogP contribution >= 0.6 is 95.6 Å². The zero-order valence-corrected chi connectivity index (χ0v) is 18.7. The van der Waals surface area contributed by atoms with Crippen molar-refractivity contribution in [3.8, 4) is 0 Å². The summed E-state index contributed by atoms with van der Waals surface area (Å²) < 4.78 is -1.65. The number of unbranched alkanes of at least 4 members (excludes halogenated alkanes) is 1. The molecule has 4 nitrogen and oxygen atoms in total. The van der Waals surface area contributed by atoms with Gasteiger partial charge in [-0.05, 0) is 6.42 Å². The smallest absolute Gasteiger partial charge is 0.320 e. The van der Waals surface area contributed by atoms with Crippen molar-refractivity contribution in [2.75, 3.05) is 6.54 Å². The summed E-state index contributed by atoms with van der Waals surface area (Å²) in [5, 5.41) is 6.35. The molecule has 0 aliphatic carbocycles. The van der Waals surface area contributed by atoms with Crippen LogP contribution in [0.4, 0.5) is 4.79 Å². The Kier molecular flexibility index (Phi) is 9.87. The van der Waals surface area contributed by atoms with Crippen LogP contribution in [-0.4, -0.2) is 22.6 Å². The first-order valence-electron chi connectivity index (χ1n) is 4.76. The molecule has 0 bridgehead atoms. The molecule has 0 saturated heterocycles. The number of carbonyl (C=O) groups is 1. The standard InChI is InChI=1S/C8H10Br6N2O2/c1-2-3-4-15-6(17)18-16-5(7(9,10)11)8(12,13)14/h2-4H2,1H3,(H,15,17). The molecule has 0 heterocycles. The molecule has 0 fully saturated rings. The van der Waals surface area contributed by atoms with E-state index in [0.29, 0.717) is 12.3 Å². The molecule has 1 N–H and O–H groups in total. The summed E-state index contributed by atoms with van der Waals surface area (Å²) in [6.45, 7) is 2.59. The van der Waals surface area contributed by atoms with Gasteiger partial charge in [0.15, 0.2) is 4.29 Å². The lowest BCUT2D eigenvalue weighted by Gasteiger charge is -2.21. The Hall–Kier alpha value is 1.82. The van der Waals surface area contributed by atoms with E-state index in [2.05, 4.69) is 106 Å². The number of amides is 1. The topological polar surface area (TPSA) is 50.7 Å². The van der Waals surface area contributed by atoms with Crippen molar-refractivity contribution < 1.29 is 9.63 Å². The largest absolute Gasteiger partial charge is 0.433 e. The van der Waals surface area contributed by atoms with Gasteiger partial charge in [0.1, 0.15) is 5.71 Å². The van der Waals surface area contributed by atoms with E-state index in [4.69, 9.17) is 4.84 Å². The van der Waals surface area contributed by atoms with Gasteiger partial charge in [-0.2, -0.15) is 0 Å². The molecule has 106 valence electrons. The fourth-order valence-corrected chi connectivity index (χ4v) is 5.36. The average molecular weight is 646 g/mol. The average Bonchev–Trinajstić information content (AvgIpc) is 2.13. The fraction of sp³-hybridized carbons (Fsp3) is 0.750. The number of alkyl halides is 6. The number of rotatable bonds is 4. The Morgan fingerprint density at radius 1 is 1.17 bits per heavy atom. The Balaban J connectivity index is 4.56. The first-order chi connectivity index (χ1) is 8.09. The fourth-order valence-electron chi connectivity index (χ4n) is 0.751. The number of halogens is 6. The van der Waals surface area contributed by atoms with Crippen LogP contribution in [0.15, 0.2) is 5.16 Å². The van der Waals surface area contributed by atoms with Crippen molar-refractivity contribution in [3.05, 3.63) is 0 Å². The molecule has 0 aliphatic rings. The van der Waals surface area contributed by atoms with Crippen molar-refractivity contribution in [1.82, 2.24) is 5.32 Å². The van der Waals surface area contributed by atoms with Crippen molar-refractivity contribution in [2.45, 2.75) is 24.1 Å². The number of nitrogens with one attached hydrogen (secondary N) is 1. The van der Waals surface area contributed by atoms with E-state index >= 15 is 0 Å². The van der Waals surface area contributed by atoms with Gasteiger partial charge in [0.05, 0.1) is 0 Å². The summed E-state index contributed by atoms with van der Waals surface area (Å²) >= 11 is 19.8. The highest BCUT2D eigenvalue weighted by atomic mass is 80.0. The van der Waals surface area contributed by atoms with Crippen LogP contribution in [0.25, 0.3) is 0 Å². The molecule has 0 aromatic heterocycles. The quantitative estimate of drug-likeness (QED) is 0.144. The van der Waals surface area contributed by atoms with Gasteiger partial charge in [-0.1, -0.05) is 114 Å². The van der Waals surface area contributed by atoms with E-state index in [0.717, 1.165) is 12.8 Å². The highest BCUT2D eigenvalue weighted by molar-refractivity contribution is 9.42. The van der Waals surface area contributed by atoms with Gasteiger partial charge >= 0.3 is 6.09 Å². The molecule has 0 unspecified atom stereocenters. The zero-order chi connectivity index (χ0) is 14.4. The van der Waals surface area contributed by atoms with Crippen molar-refractivity contribution in [3.63, 3.8) is 0 Å². The second kappa shape index (κ2) is 8.96. The van der Waals surface area contributed by atoms with Crippen molar-refractivity contribution in [1.29, 1.82) is 0 Å². The van der Waals surface area contributed by atoms with E-state index < -0.39 is 10.4 Å². The molecular formula is C8H10Br6N2O2. The molecular weight excluding hydrogens is 636 g/mol. The van der Waals surface area contributed by atoms with Crippen LogP contribution in [0, 0.1) is 0 Å². The summed E-state index contributed by atoms with van der Waals surface area (Å²) in [6, 6.07) is 0. The molecule has 18 heavy (non-hydrogen) atoms. The van der Waals surface area contributed by atoms with Gasteiger partial charge in [0.2, 0.25) is 0 Å². The SMILES string of the molecule is CCCCNC(=O)ON=C(C(Br)(Br)Br)C(Br)(Br)Br. The van der Waals surface area contributed by atoms with Crippen LogP contribution in [0.2, 0.25) is 0 Å². The van der Waals surface area contributed by atoms with Crippen LogP contribution in [0.5, 0.6) is 0 Å². The summed E-state index contributed by atoms with van der Waals surface area (Å²) in [7, 11) is 0. The highest BCUT2D eigenvalue weighted by Gasteiger charge is 2.40. The van der Waals surface area contributed by atoms with Gasteiger partial charge in [-0.15, -0.1) is 0 Å². The molecule has 0 aromatic carbocycles. The minimum atomic E-state index is -0.826. The number of oxime groups is 1. The second-order valence-electron chi connectivity index (χ2n) is 3.09. The lowest BCUT2D eigenvalue weighted by atomic mass is 10.3. The third kappa shape index (κ3) is 8.89. The van der Waals surface area contributed by atoms with Crippen LogP contribution in [0.1, 0.15) is 19.8 Å². The molecule has 1 amide bonds. The molecule has 0 spiro atoms. The number of hydrogen-bond acceptors (Lipinski definition) is 3. The van der Waals surface area contributed by atoms with Gasteiger partial charge in [-0.25, -0.2) is 4.79 Å². The lowest BCUT2D eigenvalue weighted by molar-refractivity contribution is 0.150. The first kappa shape index (κ1) is 19.8. The molecule has 0 aromatic rings. The van der Waals surface area contributed by atoms with E-state index in [1.807, 2.05) is 6.92 Å². The van der Waals surface area contributed by atoms with Crippen molar-refractivity contribution in [2.24, 2.45) is 5.16 Å². The van der Waals surface area contributed by atoms with Gasteiger partial charge in [0, 0.05) is 6.54 Å². The normalized spacial score (nSPS) is 11.9. The maximum Gasteiger partial charge on any atom is 0.433 e. The van der Waals surface area contributed by atoms with Crippen LogP contribution in [0.3, 0.4) is 0 Å². The summed E-state index contributed by atoms with van der Waals surface area (Å²) in [5.41, 5.74) is 0.376. The Morgan fingerprint density at radius 2 is 1.67 bits per heavy atom. The minimum absolute atomic E-state index is 0.376. The van der Waals surface area contributed by atoms with Gasteiger partial charge in [0.25, 0.3) is 0 Å². The number of hydrogen-bond donors (Lipinski definition) is 1. The van der Waals surface area contributed by atoms with E-state index in [-0.39, 0.29) is 0 Å². The Morgan fingerprint density at radius 3 is 2.06 bits per heavy atom. The highest BCUT2D eigenvalue weighted by Crippen LogP contribution is 2.47. The monoisotopic (exact) mass is 640 g/mol. The van der Waals surface area contributed by atoms with Crippen molar-refractivity contribution >= 4 is 107 Å². The molecule has 0 aliphatic heterocycles. The molecule has 0 saturated carbocycles. The summed E-state index contributed by atoms with van der Waals surface area (Å²) in [5.74, 6) is 0. The predicted molar refractivity (Wildman–Crippen MR) is 95.9 cm³/mol. The van der Waals surface area contributed by atoms with E-state index in [1.54, 1.807) is 0 Å². The number of carbonyl (C=O) groups excluding carboxylic acids is 1. The lowest BCUT2D eigenvalue weighted by Crippen LogP contribution is -2.32. The molecule has 0 atom stereocenters. The number of nitrogens with zero attached hydrogens (tertiary/aromatic N) is 1. The van der Waals surface area contributed by atoms with E-state index in [1.165, 1.54) is 0 Å². The molecule has 0 rings (SSSR count). The minimum Gasteiger partial charge on any atom is -0.320 e. The summed E-state index contributed by atoms with van der Waals surface area (Å²) in [4.78, 5) is 16.1. The Bertz CT molecular complexity index is 294. The van der Waals surface area contributed by atoms with Gasteiger partial charge in [-0.3, -0.25) is 4.84 Å². The Labute approximate surface area is 156 Å². The predicted octanol–water partition coefficient (Wildman–Crippen LogP) is 5.55. The maximum absolute atomic E-state index is 11.3. The zero-order valence-electron chi connectivity index (χ0n) is 9.15. The van der Waals surface area contributed by atoms with Crippen LogP contribution in [-0.2, 0) is 4.84 Å². The third-order valence-corrected chi connectivity index (χ3v) is 3.81. The second-order valence-corrected chi connectivity index (χ2v) is 16.6. The molecule has 0 radical (unpaired) electrons. The summed E-state index contributed by atoms with van der Waals surface area (Å²) in [6.07, 6.45) is 1.29. The van der Waals surface area contributed by atoms with E-state index in [9.17, 15) is 4.79 Å². The van der Waals surface area contributed by atoms with Crippen LogP contribution < -0.4 is 5.32 Å². The van der Waals surface area contributed by atoms with Gasteiger partial charge < -0.3 is 5.32 Å². The first-order valence-corrected chi connectivity index (χ1v) is 9.52. The maximum atomic E-state index is 11.3. The molecule has 10 heteroatoms.